The molecule has 0 bridgehead atoms. The first-order valence-corrected chi connectivity index (χ1v) is 5.79. The van der Waals surface area contributed by atoms with Crippen molar-refractivity contribution in [3.8, 4) is 5.75 Å². The van der Waals surface area contributed by atoms with Gasteiger partial charge in [0.25, 0.3) is 5.91 Å². The number of amides is 1. The van der Waals surface area contributed by atoms with E-state index in [1.165, 1.54) is 0 Å². The van der Waals surface area contributed by atoms with Crippen molar-refractivity contribution in [2.75, 3.05) is 13.2 Å². The second kappa shape index (κ2) is 6.88. The quantitative estimate of drug-likeness (QED) is 0.750. The van der Waals surface area contributed by atoms with Crippen molar-refractivity contribution < 1.29 is 9.53 Å². The number of hydrogen-bond donors (Lipinski definition) is 1. The molecule has 0 saturated carbocycles. The molecule has 0 heterocycles. The monoisotopic (exact) mass is 221 g/mol. The summed E-state index contributed by atoms with van der Waals surface area (Å²) in [6, 6.07) is 7.20. The SMILES string of the molecule is CCCCNC(=O)c1ccc(OCC)cc1. The molecule has 0 fully saturated rings. The van der Waals surface area contributed by atoms with Crippen LogP contribution in [0.2, 0.25) is 0 Å². The summed E-state index contributed by atoms with van der Waals surface area (Å²) < 4.78 is 5.31. The van der Waals surface area contributed by atoms with Crippen molar-refractivity contribution in [2.24, 2.45) is 0 Å². The predicted octanol–water partition coefficient (Wildman–Crippen LogP) is 2.62. The van der Waals surface area contributed by atoms with Crippen molar-refractivity contribution in [3.05, 3.63) is 29.8 Å². The van der Waals surface area contributed by atoms with E-state index in [1.54, 1.807) is 12.1 Å². The maximum atomic E-state index is 11.6. The number of ether oxygens (including phenoxy) is 1. The zero-order chi connectivity index (χ0) is 11.8. The Hall–Kier alpha value is -1.51. The van der Waals surface area contributed by atoms with Gasteiger partial charge in [0.15, 0.2) is 0 Å². The standard InChI is InChI=1S/C13H19NO2/c1-3-5-10-14-13(15)11-6-8-12(9-7-11)16-4-2/h6-9H,3-5,10H2,1-2H3,(H,14,15). The van der Waals surface area contributed by atoms with Crippen molar-refractivity contribution >= 4 is 5.91 Å². The average Bonchev–Trinajstić information content (AvgIpc) is 2.30. The molecule has 3 heteroatoms. The summed E-state index contributed by atoms with van der Waals surface area (Å²) in [5.41, 5.74) is 0.680. The van der Waals surface area contributed by atoms with Crippen molar-refractivity contribution in [2.45, 2.75) is 26.7 Å². The Labute approximate surface area is 96.8 Å². The van der Waals surface area contributed by atoms with E-state index in [4.69, 9.17) is 4.74 Å². The summed E-state index contributed by atoms with van der Waals surface area (Å²) in [6.07, 6.45) is 2.10. The van der Waals surface area contributed by atoms with Crippen LogP contribution in [0.3, 0.4) is 0 Å². The first kappa shape index (κ1) is 12.6. The topological polar surface area (TPSA) is 38.3 Å². The summed E-state index contributed by atoms with van der Waals surface area (Å²) in [7, 11) is 0. The smallest absolute Gasteiger partial charge is 0.251 e. The Balaban J connectivity index is 2.49. The minimum absolute atomic E-state index is 0.0171. The van der Waals surface area contributed by atoms with Crippen LogP contribution in [0, 0.1) is 0 Å². The van der Waals surface area contributed by atoms with Crippen molar-refractivity contribution in [1.82, 2.24) is 5.32 Å². The lowest BCUT2D eigenvalue weighted by atomic mass is 10.2. The fraction of sp³-hybridized carbons (Fsp3) is 0.462. The predicted molar refractivity (Wildman–Crippen MR) is 64.9 cm³/mol. The van der Waals surface area contributed by atoms with Crippen LogP contribution in [0.1, 0.15) is 37.0 Å². The number of carbonyl (C=O) groups is 1. The van der Waals surface area contributed by atoms with Crippen LogP contribution in [0.5, 0.6) is 5.75 Å². The van der Waals surface area contributed by atoms with Gasteiger partial charge in [0.1, 0.15) is 5.75 Å². The molecule has 1 aromatic rings. The molecule has 1 rings (SSSR count). The van der Waals surface area contributed by atoms with E-state index >= 15 is 0 Å². The van der Waals surface area contributed by atoms with E-state index in [1.807, 2.05) is 19.1 Å². The molecule has 0 aromatic heterocycles. The second-order valence-electron chi connectivity index (χ2n) is 3.57. The molecule has 0 saturated heterocycles. The van der Waals surface area contributed by atoms with Gasteiger partial charge < -0.3 is 10.1 Å². The zero-order valence-electron chi connectivity index (χ0n) is 9.95. The van der Waals surface area contributed by atoms with Crippen LogP contribution in [0.15, 0.2) is 24.3 Å². The molecule has 0 spiro atoms. The van der Waals surface area contributed by atoms with Crippen LogP contribution >= 0.6 is 0 Å². The summed E-state index contributed by atoms with van der Waals surface area (Å²) in [6.45, 7) is 5.42. The van der Waals surface area contributed by atoms with Gasteiger partial charge in [0.05, 0.1) is 6.61 Å². The Bertz CT molecular complexity index is 319. The van der Waals surface area contributed by atoms with Crippen LogP contribution in [-0.4, -0.2) is 19.1 Å². The van der Waals surface area contributed by atoms with Gasteiger partial charge in [-0.05, 0) is 37.6 Å². The lowest BCUT2D eigenvalue weighted by molar-refractivity contribution is 0.0953. The number of nitrogens with one attached hydrogen (secondary N) is 1. The Morgan fingerprint density at radius 3 is 2.50 bits per heavy atom. The first-order chi connectivity index (χ1) is 7.77. The Kier molecular flexibility index (Phi) is 5.40. The van der Waals surface area contributed by atoms with Gasteiger partial charge in [0.2, 0.25) is 0 Å². The third kappa shape index (κ3) is 3.93. The lowest BCUT2D eigenvalue weighted by Crippen LogP contribution is -2.24. The number of hydrogen-bond acceptors (Lipinski definition) is 2. The zero-order valence-corrected chi connectivity index (χ0v) is 9.95. The Morgan fingerprint density at radius 2 is 1.94 bits per heavy atom. The molecule has 0 unspecified atom stereocenters. The van der Waals surface area contributed by atoms with Gasteiger partial charge in [0, 0.05) is 12.1 Å². The van der Waals surface area contributed by atoms with Crippen molar-refractivity contribution in [1.29, 1.82) is 0 Å². The molecule has 88 valence electrons. The highest BCUT2D eigenvalue weighted by Crippen LogP contribution is 2.11. The molecule has 0 atom stereocenters. The number of unbranched alkanes of at least 4 members (excludes halogenated alkanes) is 1. The molecular weight excluding hydrogens is 202 g/mol. The maximum Gasteiger partial charge on any atom is 0.251 e. The van der Waals surface area contributed by atoms with Gasteiger partial charge in [-0.1, -0.05) is 13.3 Å². The molecule has 0 aliphatic carbocycles. The fourth-order valence-corrected chi connectivity index (χ4v) is 1.35. The molecule has 3 nitrogen and oxygen atoms in total. The molecule has 0 aliphatic heterocycles. The largest absolute Gasteiger partial charge is 0.494 e. The van der Waals surface area contributed by atoms with E-state index in [9.17, 15) is 4.79 Å². The van der Waals surface area contributed by atoms with Crippen LogP contribution < -0.4 is 10.1 Å². The molecule has 0 aliphatic rings. The van der Waals surface area contributed by atoms with Crippen LogP contribution in [-0.2, 0) is 0 Å². The maximum absolute atomic E-state index is 11.6. The number of benzene rings is 1. The van der Waals surface area contributed by atoms with Gasteiger partial charge >= 0.3 is 0 Å². The molecule has 1 amide bonds. The van der Waals surface area contributed by atoms with E-state index in [0.717, 1.165) is 25.1 Å². The second-order valence-corrected chi connectivity index (χ2v) is 3.57. The molecule has 16 heavy (non-hydrogen) atoms. The summed E-state index contributed by atoms with van der Waals surface area (Å²) in [5, 5.41) is 2.87. The van der Waals surface area contributed by atoms with Crippen molar-refractivity contribution in [3.63, 3.8) is 0 Å². The molecular formula is C13H19NO2. The highest BCUT2D eigenvalue weighted by Gasteiger charge is 2.03. The Morgan fingerprint density at radius 1 is 1.25 bits per heavy atom. The summed E-state index contributed by atoms with van der Waals surface area (Å²) >= 11 is 0. The van der Waals surface area contributed by atoms with Crippen LogP contribution in [0.25, 0.3) is 0 Å². The highest BCUT2D eigenvalue weighted by atomic mass is 16.5. The fourth-order valence-electron chi connectivity index (χ4n) is 1.35. The summed E-state index contributed by atoms with van der Waals surface area (Å²) in [5.74, 6) is 0.782. The van der Waals surface area contributed by atoms with E-state index in [2.05, 4.69) is 12.2 Å². The molecule has 0 radical (unpaired) electrons. The number of carbonyl (C=O) groups excluding carboxylic acids is 1. The summed E-state index contributed by atoms with van der Waals surface area (Å²) in [4.78, 5) is 11.6. The van der Waals surface area contributed by atoms with Gasteiger partial charge in [-0.2, -0.15) is 0 Å². The van der Waals surface area contributed by atoms with E-state index in [-0.39, 0.29) is 5.91 Å². The minimum atomic E-state index is -0.0171. The lowest BCUT2D eigenvalue weighted by Gasteiger charge is -2.06. The highest BCUT2D eigenvalue weighted by molar-refractivity contribution is 5.94. The third-order valence-corrected chi connectivity index (χ3v) is 2.24. The third-order valence-electron chi connectivity index (χ3n) is 2.24. The first-order valence-electron chi connectivity index (χ1n) is 5.79. The normalized spacial score (nSPS) is 9.88. The number of rotatable bonds is 6. The minimum Gasteiger partial charge on any atom is -0.494 e. The van der Waals surface area contributed by atoms with Gasteiger partial charge in [-0.15, -0.1) is 0 Å². The van der Waals surface area contributed by atoms with Gasteiger partial charge in [-0.3, -0.25) is 4.79 Å². The average molecular weight is 221 g/mol. The molecule has 1 aromatic carbocycles. The van der Waals surface area contributed by atoms with Gasteiger partial charge in [-0.25, -0.2) is 0 Å². The molecule has 1 N–H and O–H groups in total. The van der Waals surface area contributed by atoms with E-state index in [0.29, 0.717) is 12.2 Å². The van der Waals surface area contributed by atoms with E-state index < -0.39 is 0 Å². The van der Waals surface area contributed by atoms with Crippen LogP contribution in [0.4, 0.5) is 0 Å².